The van der Waals surface area contributed by atoms with Gasteiger partial charge < -0.3 is 25.6 Å². The zero-order valence-electron chi connectivity index (χ0n) is 18.8. The predicted molar refractivity (Wildman–Crippen MR) is 128 cm³/mol. The fourth-order valence-electron chi connectivity index (χ4n) is 4.78. The number of hydrogen-bond acceptors (Lipinski definition) is 5. The zero-order chi connectivity index (χ0) is 24.6. The number of ether oxygens (including phenoxy) is 1. The lowest BCUT2D eigenvalue weighted by molar-refractivity contribution is -0.125. The largest absolute Gasteiger partial charge is 0.506 e. The number of anilines is 1. The molecule has 0 atom stereocenters. The summed E-state index contributed by atoms with van der Waals surface area (Å²) in [4.78, 5) is 37.0. The highest BCUT2D eigenvalue weighted by atomic mass is 16.5. The summed E-state index contributed by atoms with van der Waals surface area (Å²) in [5.74, 6) is -2.08. The second-order valence-corrected chi connectivity index (χ2v) is 8.88. The van der Waals surface area contributed by atoms with Crippen LogP contribution in [-0.4, -0.2) is 40.3 Å². The Morgan fingerprint density at radius 2 is 1.57 bits per heavy atom. The van der Waals surface area contributed by atoms with E-state index in [9.17, 15) is 24.6 Å². The van der Waals surface area contributed by atoms with E-state index in [-0.39, 0.29) is 29.5 Å². The lowest BCUT2D eigenvalue weighted by Gasteiger charge is -2.40. The summed E-state index contributed by atoms with van der Waals surface area (Å²) >= 11 is 0. The molecule has 35 heavy (non-hydrogen) atoms. The molecule has 0 unspecified atom stereocenters. The molecule has 2 aliphatic carbocycles. The van der Waals surface area contributed by atoms with Crippen molar-refractivity contribution in [3.05, 3.63) is 83.4 Å². The third-order valence-electron chi connectivity index (χ3n) is 6.82. The SMILES string of the molecule is O=C(NC1(C(=O)Nc2cc(C(=O)O)ccc2O)CCC1)OCC1c2ccccc2-c2ccccc21. The molecule has 1 fully saturated rings. The summed E-state index contributed by atoms with van der Waals surface area (Å²) in [7, 11) is 0. The Hall–Kier alpha value is -4.33. The van der Waals surface area contributed by atoms with Crippen LogP contribution in [0.5, 0.6) is 5.75 Å². The van der Waals surface area contributed by atoms with Gasteiger partial charge in [-0.2, -0.15) is 0 Å². The van der Waals surface area contributed by atoms with Crippen molar-refractivity contribution in [3.8, 4) is 16.9 Å². The molecule has 0 aromatic heterocycles. The number of amides is 2. The molecular weight excluding hydrogens is 448 g/mol. The van der Waals surface area contributed by atoms with Crippen LogP contribution in [0.1, 0.15) is 46.7 Å². The summed E-state index contributed by atoms with van der Waals surface area (Å²) in [5.41, 5.74) is 3.12. The van der Waals surface area contributed by atoms with Crippen LogP contribution in [0.2, 0.25) is 0 Å². The highest BCUT2D eigenvalue weighted by molar-refractivity contribution is 6.02. The van der Waals surface area contributed by atoms with E-state index in [1.165, 1.54) is 18.2 Å². The maximum absolute atomic E-state index is 13.0. The molecule has 2 amide bonds. The second-order valence-electron chi connectivity index (χ2n) is 8.88. The van der Waals surface area contributed by atoms with Crippen LogP contribution in [0.15, 0.2) is 66.7 Å². The number of aromatic hydroxyl groups is 1. The molecule has 5 rings (SSSR count). The first-order valence-corrected chi connectivity index (χ1v) is 11.4. The van der Waals surface area contributed by atoms with Crippen LogP contribution in [-0.2, 0) is 9.53 Å². The van der Waals surface area contributed by atoms with Crippen LogP contribution in [0.4, 0.5) is 10.5 Å². The topological polar surface area (TPSA) is 125 Å². The molecule has 0 spiro atoms. The van der Waals surface area contributed by atoms with Crippen LogP contribution >= 0.6 is 0 Å². The number of carboxylic acid groups (broad SMARTS) is 1. The van der Waals surface area contributed by atoms with Gasteiger partial charge in [0.2, 0.25) is 5.91 Å². The summed E-state index contributed by atoms with van der Waals surface area (Å²) < 4.78 is 5.59. The van der Waals surface area contributed by atoms with Gasteiger partial charge in [0.05, 0.1) is 11.3 Å². The molecule has 0 aliphatic heterocycles. The number of phenolic OH excluding ortho intramolecular Hbond substituents is 1. The minimum absolute atomic E-state index is 0.0319. The zero-order valence-corrected chi connectivity index (χ0v) is 18.8. The summed E-state index contributed by atoms with van der Waals surface area (Å²) in [6.07, 6.45) is 0.841. The van der Waals surface area contributed by atoms with Crippen molar-refractivity contribution < 1.29 is 29.3 Å². The minimum Gasteiger partial charge on any atom is -0.506 e. The number of carbonyl (C=O) groups is 3. The van der Waals surface area contributed by atoms with Gasteiger partial charge in [0.25, 0.3) is 0 Å². The Morgan fingerprint density at radius 3 is 2.14 bits per heavy atom. The third kappa shape index (κ3) is 4.07. The fraction of sp³-hybridized carbons (Fsp3) is 0.222. The number of hydrogen-bond donors (Lipinski definition) is 4. The van der Waals surface area contributed by atoms with Gasteiger partial charge in [-0.05, 0) is 59.7 Å². The molecule has 8 heteroatoms. The molecule has 0 heterocycles. The number of phenols is 1. The first-order valence-electron chi connectivity index (χ1n) is 11.4. The first-order chi connectivity index (χ1) is 16.9. The lowest BCUT2D eigenvalue weighted by atomic mass is 9.76. The quantitative estimate of drug-likeness (QED) is 0.392. The Morgan fingerprint density at radius 1 is 0.943 bits per heavy atom. The van der Waals surface area contributed by atoms with E-state index in [4.69, 9.17) is 4.74 Å². The van der Waals surface area contributed by atoms with Gasteiger partial charge in [0.1, 0.15) is 17.9 Å². The molecule has 0 bridgehead atoms. The Balaban J connectivity index is 1.27. The molecule has 0 saturated heterocycles. The number of fused-ring (bicyclic) bond motifs is 3. The molecule has 0 radical (unpaired) electrons. The number of nitrogens with one attached hydrogen (secondary N) is 2. The maximum Gasteiger partial charge on any atom is 0.408 e. The molecule has 8 nitrogen and oxygen atoms in total. The summed E-state index contributed by atoms with van der Waals surface area (Å²) in [6, 6.07) is 19.7. The number of rotatable bonds is 6. The molecule has 4 N–H and O–H groups in total. The fourth-order valence-corrected chi connectivity index (χ4v) is 4.78. The number of benzene rings is 3. The standard InChI is InChI=1S/C27H24N2O6/c30-23-11-10-16(24(31)32)14-22(23)28-25(33)27(12-5-13-27)29-26(34)35-15-21-19-8-3-1-6-17(19)18-7-2-4-9-20(18)21/h1-4,6-11,14,21,30H,5,12-13,15H2,(H,28,33)(H,29,34)(H,31,32). The summed E-state index contributed by atoms with van der Waals surface area (Å²) in [6.45, 7) is 0.124. The van der Waals surface area contributed by atoms with Crippen molar-refractivity contribution in [1.82, 2.24) is 5.32 Å². The van der Waals surface area contributed by atoms with Gasteiger partial charge in [0.15, 0.2) is 0 Å². The van der Waals surface area contributed by atoms with Crippen LogP contribution in [0, 0.1) is 0 Å². The van der Waals surface area contributed by atoms with Crippen molar-refractivity contribution in [2.45, 2.75) is 30.7 Å². The minimum atomic E-state index is -1.19. The van der Waals surface area contributed by atoms with Crippen molar-refractivity contribution in [3.63, 3.8) is 0 Å². The van der Waals surface area contributed by atoms with Crippen LogP contribution in [0.25, 0.3) is 11.1 Å². The maximum atomic E-state index is 13.0. The van der Waals surface area contributed by atoms with Gasteiger partial charge in [0, 0.05) is 5.92 Å². The molecule has 3 aromatic rings. The normalized spacial score (nSPS) is 15.3. The van der Waals surface area contributed by atoms with Gasteiger partial charge in [-0.25, -0.2) is 9.59 Å². The molecule has 1 saturated carbocycles. The van der Waals surface area contributed by atoms with E-state index >= 15 is 0 Å². The Kier molecular flexibility index (Phi) is 5.64. The van der Waals surface area contributed by atoms with E-state index in [0.29, 0.717) is 12.8 Å². The molecule has 2 aliphatic rings. The Bertz CT molecular complexity index is 1290. The molecule has 178 valence electrons. The van der Waals surface area contributed by atoms with Crippen molar-refractivity contribution >= 4 is 23.7 Å². The monoisotopic (exact) mass is 472 g/mol. The Labute approximate surface area is 201 Å². The number of carboxylic acids is 1. The smallest absolute Gasteiger partial charge is 0.408 e. The number of carbonyl (C=O) groups excluding carboxylic acids is 2. The van der Waals surface area contributed by atoms with Gasteiger partial charge in [-0.3, -0.25) is 4.79 Å². The second kappa shape index (κ2) is 8.79. The van der Waals surface area contributed by atoms with E-state index in [1.807, 2.05) is 36.4 Å². The highest BCUT2D eigenvalue weighted by Gasteiger charge is 2.46. The van der Waals surface area contributed by atoms with Crippen molar-refractivity contribution in [2.24, 2.45) is 0 Å². The van der Waals surface area contributed by atoms with Crippen LogP contribution in [0.3, 0.4) is 0 Å². The summed E-state index contributed by atoms with van der Waals surface area (Å²) in [5, 5.41) is 24.5. The van der Waals surface area contributed by atoms with Crippen LogP contribution < -0.4 is 10.6 Å². The van der Waals surface area contributed by atoms with E-state index < -0.39 is 23.5 Å². The number of aromatic carboxylic acids is 1. The number of alkyl carbamates (subject to hydrolysis) is 1. The average Bonchev–Trinajstić information content (AvgIpc) is 3.15. The third-order valence-corrected chi connectivity index (χ3v) is 6.82. The predicted octanol–water partition coefficient (Wildman–Crippen LogP) is 4.49. The first kappa shape index (κ1) is 22.5. The highest BCUT2D eigenvalue weighted by Crippen LogP contribution is 2.44. The van der Waals surface area contributed by atoms with Crippen molar-refractivity contribution in [2.75, 3.05) is 11.9 Å². The van der Waals surface area contributed by atoms with E-state index in [2.05, 4.69) is 22.8 Å². The lowest BCUT2D eigenvalue weighted by Crippen LogP contribution is -2.61. The van der Waals surface area contributed by atoms with Gasteiger partial charge in [-0.15, -0.1) is 0 Å². The molecule has 3 aromatic carbocycles. The van der Waals surface area contributed by atoms with E-state index in [0.717, 1.165) is 28.7 Å². The molecular formula is C27H24N2O6. The van der Waals surface area contributed by atoms with Gasteiger partial charge in [-0.1, -0.05) is 48.5 Å². The van der Waals surface area contributed by atoms with E-state index in [1.54, 1.807) is 0 Å². The average molecular weight is 472 g/mol. The van der Waals surface area contributed by atoms with Gasteiger partial charge >= 0.3 is 12.1 Å². The van der Waals surface area contributed by atoms with Crippen molar-refractivity contribution in [1.29, 1.82) is 0 Å².